The number of benzene rings is 1. The van der Waals surface area contributed by atoms with Crippen LogP contribution in [0.2, 0.25) is 0 Å². The Hall–Kier alpha value is -0.540. The molecule has 0 amide bonds. The van der Waals surface area contributed by atoms with E-state index >= 15 is 0 Å². The van der Waals surface area contributed by atoms with Crippen LogP contribution in [0.15, 0.2) is 29.3 Å². The highest BCUT2D eigenvalue weighted by molar-refractivity contribution is 7.98. The Kier molecular flexibility index (Phi) is 1.84. The van der Waals surface area contributed by atoms with E-state index in [2.05, 4.69) is 28.8 Å². The number of hydrogen-bond donors (Lipinski definition) is 0. The average Bonchev–Trinajstić information content (AvgIpc) is 2.50. The van der Waals surface area contributed by atoms with Crippen LogP contribution in [0.1, 0.15) is 0 Å². The lowest BCUT2D eigenvalue weighted by atomic mass is 10.3. The summed E-state index contributed by atoms with van der Waals surface area (Å²) < 4.78 is 5.41. The SMILES string of the molecule is CSc1cccc2sncc12. The number of hydrogen-bond acceptors (Lipinski definition) is 3. The normalized spacial score (nSPS) is 10.6. The molecule has 0 unspecified atom stereocenters. The van der Waals surface area contributed by atoms with Gasteiger partial charge in [0.05, 0.1) is 4.70 Å². The minimum absolute atomic E-state index is 1.27. The maximum Gasteiger partial charge on any atom is 0.0561 e. The Labute approximate surface area is 73.6 Å². The summed E-state index contributed by atoms with van der Waals surface area (Å²) in [5.74, 6) is 0. The van der Waals surface area contributed by atoms with Gasteiger partial charge in [0.1, 0.15) is 0 Å². The van der Waals surface area contributed by atoms with Gasteiger partial charge in [-0.2, -0.15) is 4.37 Å². The molecule has 0 radical (unpaired) electrons. The quantitative estimate of drug-likeness (QED) is 0.627. The summed E-state index contributed by atoms with van der Waals surface area (Å²) in [5.41, 5.74) is 0. The Bertz CT molecular complexity index is 367. The van der Waals surface area contributed by atoms with Crippen molar-refractivity contribution in [1.29, 1.82) is 0 Å². The highest BCUT2D eigenvalue weighted by Crippen LogP contribution is 2.27. The highest BCUT2D eigenvalue weighted by Gasteiger charge is 1.99. The van der Waals surface area contributed by atoms with Crippen molar-refractivity contribution in [2.75, 3.05) is 6.26 Å². The monoisotopic (exact) mass is 181 g/mol. The molecule has 0 fully saturated rings. The van der Waals surface area contributed by atoms with Crippen molar-refractivity contribution < 1.29 is 0 Å². The summed E-state index contributed by atoms with van der Waals surface area (Å²) in [7, 11) is 0. The number of nitrogens with zero attached hydrogens (tertiary/aromatic N) is 1. The van der Waals surface area contributed by atoms with Crippen LogP contribution >= 0.6 is 23.3 Å². The minimum Gasteiger partial charge on any atom is -0.200 e. The molecule has 3 heteroatoms. The van der Waals surface area contributed by atoms with Crippen molar-refractivity contribution in [2.45, 2.75) is 4.90 Å². The van der Waals surface area contributed by atoms with Crippen molar-refractivity contribution in [3.63, 3.8) is 0 Å². The number of fused-ring (bicyclic) bond motifs is 1. The van der Waals surface area contributed by atoms with E-state index in [1.54, 1.807) is 23.3 Å². The van der Waals surface area contributed by atoms with Crippen LogP contribution in [0.4, 0.5) is 0 Å². The van der Waals surface area contributed by atoms with E-state index in [9.17, 15) is 0 Å². The number of thioether (sulfide) groups is 1. The smallest absolute Gasteiger partial charge is 0.0561 e. The van der Waals surface area contributed by atoms with E-state index < -0.39 is 0 Å². The summed E-state index contributed by atoms with van der Waals surface area (Å²) >= 11 is 3.32. The molecule has 0 aliphatic carbocycles. The molecular formula is C8H7NS2. The molecule has 0 atom stereocenters. The maximum atomic E-state index is 4.14. The van der Waals surface area contributed by atoms with Crippen LogP contribution in [0.25, 0.3) is 10.1 Å². The molecule has 56 valence electrons. The van der Waals surface area contributed by atoms with Crippen LogP contribution in [-0.2, 0) is 0 Å². The molecule has 1 aromatic heterocycles. The summed E-state index contributed by atoms with van der Waals surface area (Å²) in [6.07, 6.45) is 4.03. The largest absolute Gasteiger partial charge is 0.200 e. The van der Waals surface area contributed by atoms with Gasteiger partial charge in [-0.1, -0.05) is 6.07 Å². The molecule has 2 aromatic rings. The Morgan fingerprint density at radius 2 is 2.36 bits per heavy atom. The fraction of sp³-hybridized carbons (Fsp3) is 0.125. The van der Waals surface area contributed by atoms with E-state index in [0.717, 1.165) is 0 Å². The van der Waals surface area contributed by atoms with Crippen molar-refractivity contribution in [3.05, 3.63) is 24.4 Å². The zero-order valence-corrected chi connectivity index (χ0v) is 7.71. The minimum atomic E-state index is 1.27. The number of aromatic nitrogens is 1. The third-order valence-electron chi connectivity index (χ3n) is 1.58. The first-order chi connectivity index (χ1) is 5.42. The Balaban J connectivity index is 2.79. The lowest BCUT2D eigenvalue weighted by Gasteiger charge is -1.94. The molecule has 2 rings (SSSR count). The molecule has 0 N–H and O–H groups in total. The molecule has 11 heavy (non-hydrogen) atoms. The molecular weight excluding hydrogens is 174 g/mol. The van der Waals surface area contributed by atoms with Gasteiger partial charge in [-0.25, -0.2) is 0 Å². The zero-order valence-electron chi connectivity index (χ0n) is 6.07. The second-order valence-electron chi connectivity index (χ2n) is 2.20. The molecule has 0 aliphatic rings. The van der Waals surface area contributed by atoms with Gasteiger partial charge in [-0.05, 0) is 29.9 Å². The second kappa shape index (κ2) is 2.83. The van der Waals surface area contributed by atoms with Crippen molar-refractivity contribution in [2.24, 2.45) is 0 Å². The molecule has 0 spiro atoms. The van der Waals surface area contributed by atoms with Gasteiger partial charge in [0.15, 0.2) is 0 Å². The highest BCUT2D eigenvalue weighted by atomic mass is 32.2. The van der Waals surface area contributed by atoms with Crippen LogP contribution < -0.4 is 0 Å². The van der Waals surface area contributed by atoms with Crippen LogP contribution in [-0.4, -0.2) is 10.6 Å². The van der Waals surface area contributed by atoms with Crippen molar-refractivity contribution in [1.82, 2.24) is 4.37 Å². The predicted molar refractivity (Wildman–Crippen MR) is 51.4 cm³/mol. The molecule has 1 nitrogen and oxygen atoms in total. The standard InChI is InChI=1S/C8H7NS2/c1-10-7-3-2-4-8-6(7)5-9-11-8/h2-5H,1H3. The fourth-order valence-corrected chi connectivity index (χ4v) is 2.38. The van der Waals surface area contributed by atoms with Gasteiger partial charge in [-0.15, -0.1) is 11.8 Å². The van der Waals surface area contributed by atoms with E-state index in [1.165, 1.54) is 15.0 Å². The predicted octanol–water partition coefficient (Wildman–Crippen LogP) is 3.02. The topological polar surface area (TPSA) is 12.9 Å². The van der Waals surface area contributed by atoms with E-state index in [0.29, 0.717) is 0 Å². The summed E-state index contributed by atoms with van der Waals surface area (Å²) in [4.78, 5) is 1.32. The average molecular weight is 181 g/mol. The van der Waals surface area contributed by atoms with E-state index in [4.69, 9.17) is 0 Å². The van der Waals surface area contributed by atoms with Gasteiger partial charge >= 0.3 is 0 Å². The molecule has 0 saturated heterocycles. The zero-order chi connectivity index (χ0) is 7.68. The Morgan fingerprint density at radius 1 is 1.45 bits per heavy atom. The first-order valence-electron chi connectivity index (χ1n) is 3.29. The van der Waals surface area contributed by atoms with Gasteiger partial charge in [0, 0.05) is 16.5 Å². The van der Waals surface area contributed by atoms with Crippen LogP contribution in [0.5, 0.6) is 0 Å². The van der Waals surface area contributed by atoms with E-state index in [-0.39, 0.29) is 0 Å². The molecule has 1 heterocycles. The second-order valence-corrected chi connectivity index (χ2v) is 3.88. The molecule has 0 bridgehead atoms. The van der Waals surface area contributed by atoms with Crippen LogP contribution in [0.3, 0.4) is 0 Å². The molecule has 0 saturated carbocycles. The lowest BCUT2D eigenvalue weighted by Crippen LogP contribution is -1.68. The number of rotatable bonds is 1. The van der Waals surface area contributed by atoms with E-state index in [1.807, 2.05) is 6.20 Å². The van der Waals surface area contributed by atoms with Crippen LogP contribution in [0, 0.1) is 0 Å². The third kappa shape index (κ3) is 1.14. The fourth-order valence-electron chi connectivity index (χ4n) is 1.04. The first-order valence-corrected chi connectivity index (χ1v) is 5.29. The van der Waals surface area contributed by atoms with Gasteiger partial charge in [0.25, 0.3) is 0 Å². The summed E-state index contributed by atoms with van der Waals surface area (Å²) in [6, 6.07) is 6.31. The summed E-state index contributed by atoms with van der Waals surface area (Å²) in [5, 5.41) is 1.28. The molecule has 1 aromatic carbocycles. The van der Waals surface area contributed by atoms with Crippen molar-refractivity contribution >= 4 is 33.4 Å². The van der Waals surface area contributed by atoms with Gasteiger partial charge in [-0.3, -0.25) is 0 Å². The molecule has 0 aliphatic heterocycles. The first kappa shape index (κ1) is 7.13. The third-order valence-corrected chi connectivity index (χ3v) is 3.14. The Morgan fingerprint density at radius 3 is 3.18 bits per heavy atom. The maximum absolute atomic E-state index is 4.14. The summed E-state index contributed by atoms with van der Waals surface area (Å²) in [6.45, 7) is 0. The van der Waals surface area contributed by atoms with Gasteiger partial charge in [0.2, 0.25) is 0 Å². The lowest BCUT2D eigenvalue weighted by molar-refractivity contribution is 1.53. The van der Waals surface area contributed by atoms with Crippen molar-refractivity contribution in [3.8, 4) is 0 Å². The van der Waals surface area contributed by atoms with Gasteiger partial charge < -0.3 is 0 Å².